The van der Waals surface area contributed by atoms with Crippen LogP contribution < -0.4 is 5.32 Å². The highest BCUT2D eigenvalue weighted by Gasteiger charge is 2.28. The number of halogens is 1. The molecule has 1 saturated carbocycles. The molecule has 0 aromatic carbocycles. The van der Waals surface area contributed by atoms with Crippen LogP contribution in [0.4, 0.5) is 5.82 Å². The Kier molecular flexibility index (Phi) is 3.66. The first-order chi connectivity index (χ1) is 7.63. The van der Waals surface area contributed by atoms with Gasteiger partial charge in [0.2, 0.25) is 0 Å². The monoisotopic (exact) mass is 331 g/mol. The van der Waals surface area contributed by atoms with E-state index in [2.05, 4.69) is 53.7 Å². The number of nitrogens with zero attached hydrogens (tertiary/aromatic N) is 2. The number of rotatable bonds is 4. The fourth-order valence-electron chi connectivity index (χ4n) is 1.67. The third-order valence-corrected chi connectivity index (χ3v) is 3.79. The smallest absolute Gasteiger partial charge is 0.143 e. The molecule has 1 aliphatic carbocycles. The number of nitrogens with one attached hydrogen (secondary N) is 1. The van der Waals surface area contributed by atoms with E-state index >= 15 is 0 Å². The number of hydrogen-bond donors (Lipinski definition) is 1. The molecule has 3 nitrogen and oxygen atoms in total. The van der Waals surface area contributed by atoms with Gasteiger partial charge in [-0.2, -0.15) is 0 Å². The molecule has 1 heterocycles. The van der Waals surface area contributed by atoms with Crippen molar-refractivity contribution in [3.63, 3.8) is 0 Å². The van der Waals surface area contributed by atoms with E-state index in [1.165, 1.54) is 22.1 Å². The molecule has 1 aromatic heterocycles. The zero-order valence-electron chi connectivity index (χ0n) is 10.0. The van der Waals surface area contributed by atoms with Gasteiger partial charge in [0.25, 0.3) is 0 Å². The van der Waals surface area contributed by atoms with Gasteiger partial charge < -0.3 is 5.32 Å². The molecular formula is C12H18IN3. The topological polar surface area (TPSA) is 37.8 Å². The Bertz CT molecular complexity index is 386. The van der Waals surface area contributed by atoms with Crippen molar-refractivity contribution in [2.45, 2.75) is 45.4 Å². The van der Waals surface area contributed by atoms with E-state index < -0.39 is 0 Å². The molecule has 1 N–H and O–H groups in total. The maximum Gasteiger partial charge on any atom is 0.143 e. The van der Waals surface area contributed by atoms with Gasteiger partial charge in [-0.25, -0.2) is 9.97 Å². The predicted octanol–water partition coefficient (Wildman–Crippen LogP) is 3.51. The van der Waals surface area contributed by atoms with Crippen LogP contribution in [0.5, 0.6) is 0 Å². The van der Waals surface area contributed by atoms with Crippen molar-refractivity contribution in [3.8, 4) is 0 Å². The second kappa shape index (κ2) is 4.85. The van der Waals surface area contributed by atoms with Crippen LogP contribution in [0.1, 0.15) is 57.0 Å². The maximum atomic E-state index is 4.72. The zero-order chi connectivity index (χ0) is 11.7. The molecule has 1 aliphatic rings. The van der Waals surface area contributed by atoms with E-state index in [4.69, 9.17) is 4.98 Å². The molecule has 0 atom stereocenters. The Morgan fingerprint density at radius 3 is 2.56 bits per heavy atom. The van der Waals surface area contributed by atoms with Crippen molar-refractivity contribution in [1.82, 2.24) is 9.97 Å². The highest BCUT2D eigenvalue weighted by atomic mass is 127. The van der Waals surface area contributed by atoms with Crippen LogP contribution in [0.15, 0.2) is 0 Å². The molecule has 0 saturated heterocycles. The highest BCUT2D eigenvalue weighted by Crippen LogP contribution is 2.39. The number of anilines is 1. The zero-order valence-corrected chi connectivity index (χ0v) is 12.2. The van der Waals surface area contributed by atoms with E-state index in [1.807, 2.05) is 0 Å². The van der Waals surface area contributed by atoms with E-state index in [-0.39, 0.29) is 0 Å². The molecule has 1 aromatic rings. The summed E-state index contributed by atoms with van der Waals surface area (Å²) in [5.41, 5.74) is 1.19. The Balaban J connectivity index is 2.42. The minimum absolute atomic E-state index is 0.463. The Labute approximate surface area is 111 Å². The molecular weight excluding hydrogens is 313 g/mol. The van der Waals surface area contributed by atoms with E-state index in [0.29, 0.717) is 11.8 Å². The SMILES string of the molecule is CCNc1nc(C2CC2)nc(C(C)C)c1I. The molecule has 1 fully saturated rings. The Hall–Kier alpha value is -0.390. The molecule has 0 amide bonds. The highest BCUT2D eigenvalue weighted by molar-refractivity contribution is 14.1. The summed E-state index contributed by atoms with van der Waals surface area (Å²) in [6, 6.07) is 0. The minimum Gasteiger partial charge on any atom is -0.369 e. The van der Waals surface area contributed by atoms with Gasteiger partial charge in [-0.05, 0) is 48.3 Å². The molecule has 88 valence electrons. The first-order valence-corrected chi connectivity index (χ1v) is 7.02. The van der Waals surface area contributed by atoms with Crippen LogP contribution in [0.25, 0.3) is 0 Å². The van der Waals surface area contributed by atoms with Crippen molar-refractivity contribution in [1.29, 1.82) is 0 Å². The van der Waals surface area contributed by atoms with Gasteiger partial charge in [0.15, 0.2) is 0 Å². The molecule has 16 heavy (non-hydrogen) atoms. The van der Waals surface area contributed by atoms with Crippen molar-refractivity contribution < 1.29 is 0 Å². The van der Waals surface area contributed by atoms with Gasteiger partial charge in [0, 0.05) is 12.5 Å². The van der Waals surface area contributed by atoms with Crippen molar-refractivity contribution >= 4 is 28.4 Å². The first kappa shape index (κ1) is 12.1. The standard InChI is InChI=1S/C12H18IN3/c1-4-14-12-9(13)10(7(2)3)15-11(16-12)8-5-6-8/h7-8H,4-6H2,1-3H3,(H,14,15,16). The fourth-order valence-corrected chi connectivity index (χ4v) is 2.73. The largest absolute Gasteiger partial charge is 0.369 e. The number of aromatic nitrogens is 2. The normalized spacial score (nSPS) is 15.6. The second-order valence-electron chi connectivity index (χ2n) is 4.59. The summed E-state index contributed by atoms with van der Waals surface area (Å²) >= 11 is 2.35. The Morgan fingerprint density at radius 2 is 2.06 bits per heavy atom. The van der Waals surface area contributed by atoms with Crippen molar-refractivity contribution in [3.05, 3.63) is 15.1 Å². The van der Waals surface area contributed by atoms with Crippen molar-refractivity contribution in [2.75, 3.05) is 11.9 Å². The van der Waals surface area contributed by atoms with Gasteiger partial charge in [0.1, 0.15) is 11.6 Å². The fraction of sp³-hybridized carbons (Fsp3) is 0.667. The lowest BCUT2D eigenvalue weighted by Gasteiger charge is -2.14. The average Bonchev–Trinajstić information content (AvgIpc) is 3.04. The van der Waals surface area contributed by atoms with Crippen LogP contribution in [0.2, 0.25) is 0 Å². The van der Waals surface area contributed by atoms with Gasteiger partial charge in [0.05, 0.1) is 9.26 Å². The van der Waals surface area contributed by atoms with Crippen LogP contribution >= 0.6 is 22.6 Å². The molecule has 0 aliphatic heterocycles. The molecule has 0 unspecified atom stereocenters. The van der Waals surface area contributed by atoms with Gasteiger partial charge in [-0.1, -0.05) is 13.8 Å². The van der Waals surface area contributed by atoms with Crippen LogP contribution in [0.3, 0.4) is 0 Å². The summed E-state index contributed by atoms with van der Waals surface area (Å²) in [6.45, 7) is 7.40. The maximum absolute atomic E-state index is 4.72. The predicted molar refractivity (Wildman–Crippen MR) is 75.0 cm³/mol. The summed E-state index contributed by atoms with van der Waals surface area (Å²) in [7, 11) is 0. The number of hydrogen-bond acceptors (Lipinski definition) is 3. The third kappa shape index (κ3) is 2.47. The summed E-state index contributed by atoms with van der Waals surface area (Å²) in [5, 5.41) is 3.34. The lowest BCUT2D eigenvalue weighted by Crippen LogP contribution is -2.10. The summed E-state index contributed by atoms with van der Waals surface area (Å²) in [6.07, 6.45) is 2.51. The van der Waals surface area contributed by atoms with Crippen LogP contribution in [0, 0.1) is 3.57 Å². The summed E-state index contributed by atoms with van der Waals surface area (Å²) < 4.78 is 1.18. The lowest BCUT2D eigenvalue weighted by molar-refractivity contribution is 0.775. The van der Waals surface area contributed by atoms with E-state index in [0.717, 1.165) is 18.2 Å². The minimum atomic E-state index is 0.463. The molecule has 2 rings (SSSR count). The first-order valence-electron chi connectivity index (χ1n) is 5.94. The molecule has 0 bridgehead atoms. The van der Waals surface area contributed by atoms with Crippen LogP contribution in [-0.4, -0.2) is 16.5 Å². The quantitative estimate of drug-likeness (QED) is 0.858. The lowest BCUT2D eigenvalue weighted by atomic mass is 10.1. The van der Waals surface area contributed by atoms with Gasteiger partial charge in [-0.3, -0.25) is 0 Å². The third-order valence-electron chi connectivity index (χ3n) is 2.73. The summed E-state index contributed by atoms with van der Waals surface area (Å²) in [5.74, 6) is 3.14. The Morgan fingerprint density at radius 1 is 1.38 bits per heavy atom. The summed E-state index contributed by atoms with van der Waals surface area (Å²) in [4.78, 5) is 9.36. The van der Waals surface area contributed by atoms with E-state index in [1.54, 1.807) is 0 Å². The van der Waals surface area contributed by atoms with Gasteiger partial charge in [-0.15, -0.1) is 0 Å². The molecule has 0 spiro atoms. The second-order valence-corrected chi connectivity index (χ2v) is 5.67. The van der Waals surface area contributed by atoms with Gasteiger partial charge >= 0.3 is 0 Å². The van der Waals surface area contributed by atoms with Crippen LogP contribution in [-0.2, 0) is 0 Å². The molecule has 4 heteroatoms. The van der Waals surface area contributed by atoms with Crippen molar-refractivity contribution in [2.24, 2.45) is 0 Å². The van der Waals surface area contributed by atoms with E-state index in [9.17, 15) is 0 Å². The molecule has 0 radical (unpaired) electrons. The average molecular weight is 331 g/mol.